The van der Waals surface area contributed by atoms with E-state index in [1.165, 1.54) is 12.3 Å². The van der Waals surface area contributed by atoms with Crippen molar-refractivity contribution in [1.82, 2.24) is 10.4 Å². The van der Waals surface area contributed by atoms with E-state index < -0.39 is 11.3 Å². The molecule has 29 heavy (non-hydrogen) atoms. The molecule has 0 fully saturated rings. The minimum absolute atomic E-state index is 0.0498. The minimum atomic E-state index is -0.642. The van der Waals surface area contributed by atoms with Crippen molar-refractivity contribution in [1.29, 1.82) is 0 Å². The number of benzene rings is 1. The number of carbonyl (C=O) groups excluding carboxylic acids is 4. The number of hydrogen-bond acceptors (Lipinski definition) is 7. The predicted octanol–water partition coefficient (Wildman–Crippen LogP) is 1.66. The van der Waals surface area contributed by atoms with Gasteiger partial charge in [0.15, 0.2) is 17.4 Å². The van der Waals surface area contributed by atoms with Gasteiger partial charge in [-0.1, -0.05) is 6.92 Å². The monoisotopic (exact) mass is 389 g/mol. The average Bonchev–Trinajstić information content (AvgIpc) is 3.20. The summed E-state index contributed by atoms with van der Waals surface area (Å²) in [6, 6.07) is 3.14. The van der Waals surface area contributed by atoms with E-state index in [0.717, 1.165) is 5.01 Å². The molecule has 2 aliphatic carbocycles. The van der Waals surface area contributed by atoms with Gasteiger partial charge in [0.2, 0.25) is 11.6 Å². The maximum atomic E-state index is 13.2. The van der Waals surface area contributed by atoms with Crippen molar-refractivity contribution < 1.29 is 23.6 Å². The molecule has 1 aromatic carbocycles. The molecule has 1 N–H and O–H groups in total. The van der Waals surface area contributed by atoms with Gasteiger partial charge in [0.05, 0.1) is 17.7 Å². The van der Waals surface area contributed by atoms with Crippen molar-refractivity contribution >= 4 is 29.1 Å². The fourth-order valence-electron chi connectivity index (χ4n) is 4.95. The van der Waals surface area contributed by atoms with Crippen LogP contribution in [-0.2, 0) is 5.41 Å². The molecule has 0 saturated carbocycles. The van der Waals surface area contributed by atoms with Crippen molar-refractivity contribution in [3.05, 3.63) is 57.5 Å². The fourth-order valence-corrected chi connectivity index (χ4v) is 4.95. The topological polar surface area (TPSA) is 109 Å². The quantitative estimate of drug-likeness (QED) is 0.734. The summed E-state index contributed by atoms with van der Waals surface area (Å²) in [7, 11) is 0. The Morgan fingerprint density at radius 1 is 1.07 bits per heavy atom. The molecule has 1 amide bonds. The molecule has 144 valence electrons. The number of ketones is 3. The smallest absolute Gasteiger partial charge is 0.274 e. The van der Waals surface area contributed by atoms with Gasteiger partial charge in [0.25, 0.3) is 5.91 Å². The van der Waals surface area contributed by atoms with Gasteiger partial charge in [0, 0.05) is 35.1 Å². The van der Waals surface area contributed by atoms with Gasteiger partial charge in [-0.05, 0) is 24.1 Å². The Bertz CT molecular complexity index is 1240. The third kappa shape index (κ3) is 1.84. The molecule has 1 atom stereocenters. The van der Waals surface area contributed by atoms with Crippen LogP contribution in [-0.4, -0.2) is 47.2 Å². The van der Waals surface area contributed by atoms with Crippen LogP contribution in [0.2, 0.25) is 0 Å². The molecule has 1 aromatic heterocycles. The molecule has 0 radical (unpaired) electrons. The Morgan fingerprint density at radius 2 is 1.90 bits per heavy atom. The van der Waals surface area contributed by atoms with Gasteiger partial charge in [-0.15, -0.1) is 0 Å². The lowest BCUT2D eigenvalue weighted by molar-refractivity contribution is 0.0747. The maximum Gasteiger partial charge on any atom is 0.274 e. The molecular weight excluding hydrogens is 374 g/mol. The van der Waals surface area contributed by atoms with E-state index in [4.69, 9.17) is 4.42 Å². The van der Waals surface area contributed by atoms with Crippen LogP contribution in [0.5, 0.6) is 0 Å². The molecule has 0 spiro atoms. The summed E-state index contributed by atoms with van der Waals surface area (Å²) in [5.74, 6) is -0.964. The Hall–Kier alpha value is -3.39. The number of Topliss-reactive ketones (excluding diaryl/α,β-unsaturated/α-hetero) is 2. The lowest BCUT2D eigenvalue weighted by atomic mass is 9.62. The SMILES string of the molecule is CC12CCC(=O)c3coc(c31)C(=O)c1cc3c(cc12)C(=O)C1=NCCNN1C3=O. The van der Waals surface area contributed by atoms with Gasteiger partial charge in [-0.25, -0.2) is 10.4 Å². The van der Waals surface area contributed by atoms with Crippen LogP contribution in [0.15, 0.2) is 27.8 Å². The molecule has 2 aliphatic heterocycles. The lowest BCUT2D eigenvalue weighted by Gasteiger charge is -2.39. The van der Waals surface area contributed by atoms with Gasteiger partial charge in [-0.2, -0.15) is 0 Å². The van der Waals surface area contributed by atoms with Gasteiger partial charge in [0.1, 0.15) is 6.26 Å². The van der Waals surface area contributed by atoms with Crippen LogP contribution in [0.4, 0.5) is 0 Å². The summed E-state index contributed by atoms with van der Waals surface area (Å²) < 4.78 is 5.51. The van der Waals surface area contributed by atoms with Crippen LogP contribution in [0, 0.1) is 0 Å². The maximum absolute atomic E-state index is 13.2. The third-order valence-corrected chi connectivity index (χ3v) is 6.43. The van der Waals surface area contributed by atoms with Crippen LogP contribution < -0.4 is 5.43 Å². The molecule has 8 heteroatoms. The summed E-state index contributed by atoms with van der Waals surface area (Å²) in [6.45, 7) is 2.81. The number of rotatable bonds is 0. The van der Waals surface area contributed by atoms with Crippen LogP contribution in [0.25, 0.3) is 0 Å². The van der Waals surface area contributed by atoms with E-state index in [1.54, 1.807) is 6.07 Å². The number of fused-ring (bicyclic) bond motifs is 4. The van der Waals surface area contributed by atoms with Crippen molar-refractivity contribution in [2.45, 2.75) is 25.2 Å². The third-order valence-electron chi connectivity index (χ3n) is 6.43. The molecule has 0 bridgehead atoms. The summed E-state index contributed by atoms with van der Waals surface area (Å²) >= 11 is 0. The second-order valence-corrected chi connectivity index (χ2v) is 7.96. The second-order valence-electron chi connectivity index (χ2n) is 7.96. The Morgan fingerprint density at radius 3 is 2.72 bits per heavy atom. The lowest BCUT2D eigenvalue weighted by Crippen LogP contribution is -2.56. The number of carbonyl (C=O) groups is 4. The summed E-state index contributed by atoms with van der Waals surface area (Å²) in [4.78, 5) is 55.7. The van der Waals surface area contributed by atoms with Crippen molar-refractivity contribution in [2.24, 2.45) is 4.99 Å². The highest BCUT2D eigenvalue weighted by Gasteiger charge is 2.49. The zero-order valence-electron chi connectivity index (χ0n) is 15.5. The van der Waals surface area contributed by atoms with Gasteiger partial charge < -0.3 is 4.42 Å². The number of amides is 1. The highest BCUT2D eigenvalue weighted by Crippen LogP contribution is 2.50. The van der Waals surface area contributed by atoms with E-state index in [9.17, 15) is 19.2 Å². The number of hydrogen-bond donors (Lipinski definition) is 1. The number of nitrogens with one attached hydrogen (secondary N) is 1. The second kappa shape index (κ2) is 5.15. The van der Waals surface area contributed by atoms with E-state index in [1.807, 2.05) is 6.92 Å². The Balaban J connectivity index is 1.64. The fraction of sp³-hybridized carbons (Fsp3) is 0.286. The first-order valence-corrected chi connectivity index (χ1v) is 9.47. The number of nitrogens with zero attached hydrogens (tertiary/aromatic N) is 2. The summed E-state index contributed by atoms with van der Waals surface area (Å²) in [5, 5.41) is 1.16. The zero-order valence-corrected chi connectivity index (χ0v) is 15.5. The molecule has 3 heterocycles. The summed E-state index contributed by atoms with van der Waals surface area (Å²) in [5.41, 5.74) is 4.68. The molecule has 8 nitrogen and oxygen atoms in total. The Kier molecular flexibility index (Phi) is 2.94. The van der Waals surface area contributed by atoms with E-state index in [0.29, 0.717) is 48.2 Å². The molecule has 0 saturated heterocycles. The van der Waals surface area contributed by atoms with Crippen molar-refractivity contribution in [3.63, 3.8) is 0 Å². The number of hydrazine groups is 1. The molecule has 2 aromatic rings. The Labute approximate surface area is 164 Å². The largest absolute Gasteiger partial charge is 0.460 e. The highest BCUT2D eigenvalue weighted by atomic mass is 16.3. The molecule has 6 rings (SSSR count). The van der Waals surface area contributed by atoms with Crippen LogP contribution in [0.1, 0.15) is 78.1 Å². The van der Waals surface area contributed by atoms with Crippen LogP contribution in [0.3, 0.4) is 0 Å². The van der Waals surface area contributed by atoms with Gasteiger partial charge >= 0.3 is 0 Å². The average molecular weight is 389 g/mol. The summed E-state index contributed by atoms with van der Waals surface area (Å²) in [6.07, 6.45) is 2.18. The number of furan rings is 1. The van der Waals surface area contributed by atoms with E-state index in [2.05, 4.69) is 10.4 Å². The first kappa shape index (κ1) is 16.6. The molecule has 4 aliphatic rings. The van der Waals surface area contributed by atoms with E-state index >= 15 is 0 Å². The number of amidine groups is 1. The highest BCUT2D eigenvalue weighted by molar-refractivity contribution is 6.51. The van der Waals surface area contributed by atoms with Crippen molar-refractivity contribution in [2.75, 3.05) is 13.1 Å². The predicted molar refractivity (Wildman–Crippen MR) is 99.4 cm³/mol. The van der Waals surface area contributed by atoms with Gasteiger partial charge in [-0.3, -0.25) is 24.2 Å². The zero-order chi connectivity index (χ0) is 20.1. The normalized spacial score (nSPS) is 24.6. The number of aliphatic imine (C=N–C) groups is 1. The van der Waals surface area contributed by atoms with Crippen molar-refractivity contribution in [3.8, 4) is 0 Å². The first-order valence-electron chi connectivity index (χ1n) is 9.47. The first-order chi connectivity index (χ1) is 13.9. The molecule has 1 unspecified atom stereocenters. The van der Waals surface area contributed by atoms with Crippen LogP contribution >= 0.6 is 0 Å². The standard InChI is InChI=1S/C21H15N3O5/c1-21-3-2-14(25)12-8-29-18(15(12)21)16(26)11-6-10-9(7-13(11)21)17(27)19-22-4-5-23-24(19)20(10)28/h6-8,23H,2-5H2,1H3. The minimum Gasteiger partial charge on any atom is -0.460 e. The molecular formula is C21H15N3O5. The van der Waals surface area contributed by atoms with E-state index in [-0.39, 0.29) is 40.1 Å².